The predicted molar refractivity (Wildman–Crippen MR) is 126 cm³/mol. The van der Waals surface area contributed by atoms with Crippen molar-refractivity contribution >= 4 is 16.8 Å². The molecular weight excluding hydrogens is 458 g/mol. The van der Waals surface area contributed by atoms with E-state index in [4.69, 9.17) is 0 Å². The van der Waals surface area contributed by atoms with Crippen LogP contribution >= 0.6 is 0 Å². The summed E-state index contributed by atoms with van der Waals surface area (Å²) >= 11 is 0. The summed E-state index contributed by atoms with van der Waals surface area (Å²) in [4.78, 5) is 17.0. The number of aromatic nitrogens is 1. The topological polar surface area (TPSA) is 54.0 Å². The zero-order chi connectivity index (χ0) is 25.0. The molecule has 0 saturated heterocycles. The fourth-order valence-electron chi connectivity index (χ4n) is 4.07. The van der Waals surface area contributed by atoms with Crippen LogP contribution in [-0.4, -0.2) is 11.0 Å². The number of rotatable bonds is 6. The molecule has 1 aromatic heterocycles. The number of alkyl halides is 4. The number of pyridine rings is 1. The summed E-state index contributed by atoms with van der Waals surface area (Å²) in [5, 5.41) is 7.43. The summed E-state index contributed by atoms with van der Waals surface area (Å²) in [5.74, 6) is 0. The van der Waals surface area contributed by atoms with Gasteiger partial charge in [-0.1, -0.05) is 66.7 Å². The van der Waals surface area contributed by atoms with Crippen LogP contribution in [-0.2, 0) is 12.9 Å². The van der Waals surface area contributed by atoms with Crippen molar-refractivity contribution in [2.75, 3.05) is 0 Å². The highest BCUT2D eigenvalue weighted by Gasteiger charge is 2.37. The molecule has 4 nitrogen and oxygen atoms in total. The molecule has 0 fully saturated rings. The van der Waals surface area contributed by atoms with Crippen LogP contribution in [0, 0.1) is 0 Å². The zero-order valence-corrected chi connectivity index (χ0v) is 18.8. The van der Waals surface area contributed by atoms with Crippen molar-refractivity contribution in [3.05, 3.63) is 113 Å². The van der Waals surface area contributed by atoms with Gasteiger partial charge in [0.25, 0.3) is 0 Å². The normalized spacial score (nSPS) is 13.3. The summed E-state index contributed by atoms with van der Waals surface area (Å²) < 4.78 is 54.2. The van der Waals surface area contributed by atoms with Crippen LogP contribution in [0.2, 0.25) is 0 Å². The molecular formula is C27H23F4N3O. The number of carbonyl (C=O) groups excluding carboxylic acids is 1. The molecule has 0 saturated carbocycles. The molecule has 0 aliphatic heterocycles. The number of amides is 2. The molecule has 0 aliphatic rings. The standard InChI is InChI=1S/C27H23F4N3O/c1-17(21-9-4-7-19-6-2-3-8-22(19)21)33-26(35)34-24(20-13-11-18(16-28)12-14-20)25-23(27(29,30)31)10-5-15-32-25/h2-15,17,24H,16H2,1H3,(H2,33,34,35)/t17-,24-/m0/s1. The van der Waals surface area contributed by atoms with Gasteiger partial charge in [0.05, 0.1) is 23.3 Å². The van der Waals surface area contributed by atoms with Crippen LogP contribution in [0.25, 0.3) is 10.8 Å². The van der Waals surface area contributed by atoms with E-state index in [0.717, 1.165) is 22.4 Å². The van der Waals surface area contributed by atoms with E-state index in [0.29, 0.717) is 11.1 Å². The predicted octanol–water partition coefficient (Wildman–Crippen LogP) is 6.87. The molecule has 0 unspecified atom stereocenters. The third-order valence-corrected chi connectivity index (χ3v) is 5.80. The highest BCUT2D eigenvalue weighted by molar-refractivity contribution is 5.86. The molecule has 8 heteroatoms. The van der Waals surface area contributed by atoms with Gasteiger partial charge in [-0.25, -0.2) is 9.18 Å². The SMILES string of the molecule is C[C@H](NC(=O)N[C@@H](c1ccc(CF)cc1)c1ncccc1C(F)(F)F)c1cccc2ccccc12. The van der Waals surface area contributed by atoms with E-state index in [2.05, 4.69) is 15.6 Å². The van der Waals surface area contributed by atoms with Crippen molar-refractivity contribution < 1.29 is 22.4 Å². The molecule has 0 radical (unpaired) electrons. The molecule has 0 spiro atoms. The van der Waals surface area contributed by atoms with Crippen LogP contribution < -0.4 is 10.6 Å². The maximum absolute atomic E-state index is 13.7. The van der Waals surface area contributed by atoms with Gasteiger partial charge in [-0.05, 0) is 46.5 Å². The van der Waals surface area contributed by atoms with Crippen LogP contribution in [0.3, 0.4) is 0 Å². The van der Waals surface area contributed by atoms with Gasteiger partial charge in [0.2, 0.25) is 0 Å². The van der Waals surface area contributed by atoms with Crippen LogP contribution in [0.1, 0.15) is 47.0 Å². The third-order valence-electron chi connectivity index (χ3n) is 5.80. The zero-order valence-electron chi connectivity index (χ0n) is 18.8. The van der Waals surface area contributed by atoms with Crippen molar-refractivity contribution in [1.29, 1.82) is 0 Å². The van der Waals surface area contributed by atoms with E-state index in [1.807, 2.05) is 42.5 Å². The number of nitrogens with zero attached hydrogens (tertiary/aromatic N) is 1. The van der Waals surface area contributed by atoms with Crippen LogP contribution in [0.15, 0.2) is 85.1 Å². The molecule has 35 heavy (non-hydrogen) atoms. The quantitative estimate of drug-likeness (QED) is 0.295. The lowest BCUT2D eigenvalue weighted by Gasteiger charge is -2.24. The van der Waals surface area contributed by atoms with E-state index in [-0.39, 0.29) is 5.69 Å². The van der Waals surface area contributed by atoms with Crippen molar-refractivity contribution in [2.24, 2.45) is 0 Å². The van der Waals surface area contributed by atoms with Gasteiger partial charge in [-0.2, -0.15) is 13.2 Å². The molecule has 2 atom stereocenters. The Morgan fingerprint density at radius 3 is 2.34 bits per heavy atom. The Hall–Kier alpha value is -3.94. The van der Waals surface area contributed by atoms with Gasteiger partial charge in [-0.15, -0.1) is 0 Å². The molecule has 4 rings (SSSR count). The van der Waals surface area contributed by atoms with E-state index in [9.17, 15) is 22.4 Å². The Bertz CT molecular complexity index is 1320. The first kappa shape index (κ1) is 24.2. The van der Waals surface area contributed by atoms with Gasteiger partial charge >= 0.3 is 12.2 Å². The van der Waals surface area contributed by atoms with Gasteiger partial charge < -0.3 is 10.6 Å². The number of benzene rings is 3. The fourth-order valence-corrected chi connectivity index (χ4v) is 4.07. The summed E-state index contributed by atoms with van der Waals surface area (Å²) in [6.07, 6.45) is -3.43. The number of carbonyl (C=O) groups is 1. The third kappa shape index (κ3) is 5.42. The van der Waals surface area contributed by atoms with Crippen molar-refractivity contribution in [3.63, 3.8) is 0 Å². The van der Waals surface area contributed by atoms with Crippen molar-refractivity contribution in [1.82, 2.24) is 15.6 Å². The number of hydrogen-bond donors (Lipinski definition) is 2. The highest BCUT2D eigenvalue weighted by atomic mass is 19.4. The fraction of sp³-hybridized carbons (Fsp3) is 0.185. The lowest BCUT2D eigenvalue weighted by molar-refractivity contribution is -0.138. The van der Waals surface area contributed by atoms with Crippen LogP contribution in [0.5, 0.6) is 0 Å². The summed E-state index contributed by atoms with van der Waals surface area (Å²) in [7, 11) is 0. The lowest BCUT2D eigenvalue weighted by atomic mass is 9.98. The van der Waals surface area contributed by atoms with Crippen LogP contribution in [0.4, 0.5) is 22.4 Å². The van der Waals surface area contributed by atoms with Gasteiger partial charge in [-0.3, -0.25) is 4.98 Å². The second-order valence-electron chi connectivity index (χ2n) is 8.15. The minimum atomic E-state index is -4.67. The van der Waals surface area contributed by atoms with Gasteiger partial charge in [0.15, 0.2) is 0 Å². The number of hydrogen-bond acceptors (Lipinski definition) is 2. The first-order valence-electron chi connectivity index (χ1n) is 11.0. The van der Waals surface area contributed by atoms with Gasteiger partial charge in [0, 0.05) is 6.20 Å². The molecule has 4 aromatic rings. The maximum atomic E-state index is 13.7. The minimum absolute atomic E-state index is 0.346. The largest absolute Gasteiger partial charge is 0.418 e. The summed E-state index contributed by atoms with van der Waals surface area (Å²) in [5.41, 5.74) is 0.289. The molecule has 0 bridgehead atoms. The maximum Gasteiger partial charge on any atom is 0.418 e. The first-order chi connectivity index (χ1) is 16.8. The Morgan fingerprint density at radius 2 is 1.63 bits per heavy atom. The minimum Gasteiger partial charge on any atom is -0.332 e. The molecule has 3 aromatic carbocycles. The number of fused-ring (bicyclic) bond motifs is 1. The molecule has 1 heterocycles. The summed E-state index contributed by atoms with van der Waals surface area (Å²) in [6.45, 7) is 1.09. The molecule has 0 aliphatic carbocycles. The van der Waals surface area contributed by atoms with E-state index >= 15 is 0 Å². The molecule has 2 amide bonds. The highest BCUT2D eigenvalue weighted by Crippen LogP contribution is 2.35. The van der Waals surface area contributed by atoms with Gasteiger partial charge in [0.1, 0.15) is 6.67 Å². The number of nitrogens with one attached hydrogen (secondary N) is 2. The van der Waals surface area contributed by atoms with Crippen molar-refractivity contribution in [2.45, 2.75) is 31.9 Å². The summed E-state index contributed by atoms with van der Waals surface area (Å²) in [6, 6.07) is 19.2. The second kappa shape index (κ2) is 10.1. The lowest BCUT2D eigenvalue weighted by Crippen LogP contribution is -2.40. The smallest absolute Gasteiger partial charge is 0.332 e. The Kier molecular flexibility index (Phi) is 7.00. The first-order valence-corrected chi connectivity index (χ1v) is 11.0. The second-order valence-corrected chi connectivity index (χ2v) is 8.15. The van der Waals surface area contributed by atoms with E-state index < -0.39 is 36.5 Å². The Labute approximate surface area is 200 Å². The van der Waals surface area contributed by atoms with E-state index in [1.54, 1.807) is 6.92 Å². The molecule has 2 N–H and O–H groups in total. The number of urea groups is 1. The van der Waals surface area contributed by atoms with E-state index in [1.165, 1.54) is 36.5 Å². The Balaban J connectivity index is 1.65. The Morgan fingerprint density at radius 1 is 0.914 bits per heavy atom. The number of halogens is 4. The molecule has 180 valence electrons. The van der Waals surface area contributed by atoms with Crippen molar-refractivity contribution in [3.8, 4) is 0 Å². The average molecular weight is 481 g/mol. The monoisotopic (exact) mass is 481 g/mol. The average Bonchev–Trinajstić information content (AvgIpc) is 2.86.